The molecule has 1 saturated heterocycles. The highest BCUT2D eigenvalue weighted by Gasteiger charge is 2.26. The summed E-state index contributed by atoms with van der Waals surface area (Å²) in [6, 6.07) is 4.90. The van der Waals surface area contributed by atoms with Crippen molar-refractivity contribution in [1.82, 2.24) is 9.62 Å². The smallest absolute Gasteiger partial charge is 0.253 e. The number of nitrogens with one attached hydrogen (secondary N) is 1. The van der Waals surface area contributed by atoms with Crippen molar-refractivity contribution in [3.8, 4) is 0 Å². The highest BCUT2D eigenvalue weighted by atomic mass is 35.5. The fourth-order valence-corrected chi connectivity index (χ4v) is 4.73. The van der Waals surface area contributed by atoms with Crippen LogP contribution in [0.15, 0.2) is 23.1 Å². The number of carbonyl (C=O) groups excluding carboxylic acids is 1. The first-order valence-electron chi connectivity index (χ1n) is 9.72. The summed E-state index contributed by atoms with van der Waals surface area (Å²) in [6.45, 7) is 9.05. The highest BCUT2D eigenvalue weighted by Crippen LogP contribution is 2.28. The monoisotopic (exact) mass is 432 g/mol. The Morgan fingerprint density at radius 1 is 1.25 bits per heavy atom. The van der Waals surface area contributed by atoms with Gasteiger partial charge in [0.05, 0.1) is 10.5 Å². The molecule has 1 aromatic rings. The first-order chi connectivity index (χ1) is 12.8. The largest absolute Gasteiger partial charge is 0.371 e. The molecule has 2 rings (SSSR count). The Morgan fingerprint density at radius 2 is 1.86 bits per heavy atom. The van der Waals surface area contributed by atoms with E-state index in [1.807, 2.05) is 20.8 Å². The van der Waals surface area contributed by atoms with Gasteiger partial charge in [-0.3, -0.25) is 4.79 Å². The van der Waals surface area contributed by atoms with E-state index < -0.39 is 10.0 Å². The molecule has 0 radical (unpaired) electrons. The summed E-state index contributed by atoms with van der Waals surface area (Å²) in [5, 5.41) is 2.90. The Morgan fingerprint density at radius 3 is 2.39 bits per heavy atom. The molecule has 3 N–H and O–H groups in total. The van der Waals surface area contributed by atoms with E-state index in [0.29, 0.717) is 31.7 Å². The zero-order valence-electron chi connectivity index (χ0n) is 17.0. The molecule has 0 aromatic heterocycles. The average Bonchev–Trinajstić information content (AvgIpc) is 3.20. The van der Waals surface area contributed by atoms with E-state index in [1.54, 1.807) is 12.1 Å². The molecule has 1 heterocycles. The lowest BCUT2D eigenvalue weighted by molar-refractivity contribution is 0.0949. The molecule has 1 aliphatic rings. The van der Waals surface area contributed by atoms with Crippen molar-refractivity contribution in [3.63, 3.8) is 0 Å². The van der Waals surface area contributed by atoms with Crippen LogP contribution in [0.5, 0.6) is 0 Å². The number of nitrogens with two attached hydrogens (primary N) is 1. The van der Waals surface area contributed by atoms with Crippen molar-refractivity contribution in [2.75, 3.05) is 44.2 Å². The number of rotatable bonds is 9. The Balaban J connectivity index is 0.00000392. The number of anilines is 1. The molecular weight excluding hydrogens is 400 g/mol. The van der Waals surface area contributed by atoms with Gasteiger partial charge in [-0.15, -0.1) is 12.4 Å². The van der Waals surface area contributed by atoms with Gasteiger partial charge in [0.2, 0.25) is 10.0 Å². The topological polar surface area (TPSA) is 95.7 Å². The average molecular weight is 433 g/mol. The number of carbonyl (C=O) groups is 1. The third kappa shape index (κ3) is 5.59. The summed E-state index contributed by atoms with van der Waals surface area (Å²) in [5.74, 6) is -0.0967. The standard InChI is InChI=1S/C19H32N4O3S.ClH/c1-4-23(5-2)27(25,26)16-8-9-18(22-10-6-7-11-22)17(12-16)19(24)21-14-15(3)13-20;/h8-9,12,15H,4-7,10-11,13-14,20H2,1-3H3,(H,21,24);1H. The van der Waals surface area contributed by atoms with Gasteiger partial charge in [0.25, 0.3) is 5.91 Å². The molecule has 1 unspecified atom stereocenters. The van der Waals surface area contributed by atoms with E-state index in [4.69, 9.17) is 5.73 Å². The van der Waals surface area contributed by atoms with Gasteiger partial charge in [0.15, 0.2) is 0 Å². The van der Waals surface area contributed by atoms with Crippen LogP contribution in [0.1, 0.15) is 44.0 Å². The van der Waals surface area contributed by atoms with E-state index in [9.17, 15) is 13.2 Å². The number of benzene rings is 1. The molecule has 9 heteroatoms. The van der Waals surface area contributed by atoms with Gasteiger partial charge < -0.3 is 16.0 Å². The van der Waals surface area contributed by atoms with Crippen LogP contribution in [0.3, 0.4) is 0 Å². The normalized spacial score (nSPS) is 15.4. The van der Waals surface area contributed by atoms with Crippen LogP contribution >= 0.6 is 12.4 Å². The predicted molar refractivity (Wildman–Crippen MR) is 116 cm³/mol. The van der Waals surface area contributed by atoms with Crippen LogP contribution in [0.25, 0.3) is 0 Å². The van der Waals surface area contributed by atoms with Crippen LogP contribution in [0.4, 0.5) is 5.69 Å². The second kappa shape index (κ2) is 11.0. The molecule has 1 aliphatic heterocycles. The van der Waals surface area contributed by atoms with Crippen molar-refractivity contribution >= 4 is 34.0 Å². The van der Waals surface area contributed by atoms with Gasteiger partial charge in [-0.2, -0.15) is 4.31 Å². The van der Waals surface area contributed by atoms with E-state index in [0.717, 1.165) is 31.6 Å². The number of halogens is 1. The summed E-state index contributed by atoms with van der Waals surface area (Å²) >= 11 is 0. The van der Waals surface area contributed by atoms with Gasteiger partial charge in [-0.25, -0.2) is 8.42 Å². The Labute approximate surface area is 175 Å². The molecule has 0 spiro atoms. The molecule has 160 valence electrons. The molecule has 0 saturated carbocycles. The van der Waals surface area contributed by atoms with Crippen molar-refractivity contribution in [2.24, 2.45) is 11.7 Å². The number of nitrogens with zero attached hydrogens (tertiary/aromatic N) is 2. The molecule has 1 amide bonds. The maximum absolute atomic E-state index is 12.9. The molecule has 1 atom stereocenters. The van der Waals surface area contributed by atoms with Crippen LogP contribution in [0.2, 0.25) is 0 Å². The second-order valence-electron chi connectivity index (χ2n) is 7.01. The van der Waals surface area contributed by atoms with Crippen molar-refractivity contribution in [1.29, 1.82) is 0 Å². The van der Waals surface area contributed by atoms with Gasteiger partial charge in [0.1, 0.15) is 0 Å². The molecule has 1 fully saturated rings. The molecule has 7 nitrogen and oxygen atoms in total. The predicted octanol–water partition coefficient (Wildman–Crippen LogP) is 2.06. The highest BCUT2D eigenvalue weighted by molar-refractivity contribution is 7.89. The summed E-state index contributed by atoms with van der Waals surface area (Å²) in [5.41, 5.74) is 6.83. The number of sulfonamides is 1. The van der Waals surface area contributed by atoms with Gasteiger partial charge in [-0.05, 0) is 43.5 Å². The van der Waals surface area contributed by atoms with Crippen LogP contribution in [-0.4, -0.2) is 57.9 Å². The van der Waals surface area contributed by atoms with Crippen molar-refractivity contribution in [3.05, 3.63) is 23.8 Å². The van der Waals surface area contributed by atoms with E-state index >= 15 is 0 Å². The molecule has 1 aromatic carbocycles. The third-order valence-corrected chi connectivity index (χ3v) is 7.06. The minimum absolute atomic E-state index is 0. The van der Waals surface area contributed by atoms with E-state index in [1.165, 1.54) is 10.4 Å². The van der Waals surface area contributed by atoms with E-state index in [-0.39, 0.29) is 29.1 Å². The molecule has 0 aliphatic carbocycles. The summed E-state index contributed by atoms with van der Waals surface area (Å²) in [4.78, 5) is 15.2. The molecule has 28 heavy (non-hydrogen) atoms. The number of hydrogen-bond donors (Lipinski definition) is 2. The van der Waals surface area contributed by atoms with Gasteiger partial charge in [0, 0.05) is 38.4 Å². The minimum Gasteiger partial charge on any atom is -0.371 e. The zero-order chi connectivity index (χ0) is 20.0. The Bertz CT molecular complexity index is 748. The minimum atomic E-state index is -3.62. The maximum Gasteiger partial charge on any atom is 0.253 e. The first-order valence-corrected chi connectivity index (χ1v) is 11.2. The fraction of sp³-hybridized carbons (Fsp3) is 0.632. The van der Waals surface area contributed by atoms with Crippen LogP contribution in [0, 0.1) is 5.92 Å². The third-order valence-electron chi connectivity index (χ3n) is 5.02. The first kappa shape index (κ1) is 24.7. The van der Waals surface area contributed by atoms with E-state index in [2.05, 4.69) is 10.2 Å². The van der Waals surface area contributed by atoms with Crippen molar-refractivity contribution in [2.45, 2.75) is 38.5 Å². The lowest BCUT2D eigenvalue weighted by Crippen LogP contribution is -2.34. The number of amides is 1. The van der Waals surface area contributed by atoms with Crippen LogP contribution in [-0.2, 0) is 10.0 Å². The Hall–Kier alpha value is -1.35. The SMILES string of the molecule is CCN(CC)S(=O)(=O)c1ccc(N2CCCC2)c(C(=O)NCC(C)CN)c1.Cl. The lowest BCUT2D eigenvalue weighted by atomic mass is 10.1. The zero-order valence-corrected chi connectivity index (χ0v) is 18.6. The number of hydrogen-bond acceptors (Lipinski definition) is 5. The molecule has 0 bridgehead atoms. The Kier molecular flexibility index (Phi) is 9.69. The lowest BCUT2D eigenvalue weighted by Gasteiger charge is -2.24. The summed E-state index contributed by atoms with van der Waals surface area (Å²) < 4.78 is 27.2. The van der Waals surface area contributed by atoms with Gasteiger partial charge in [-0.1, -0.05) is 20.8 Å². The maximum atomic E-state index is 12.9. The van der Waals surface area contributed by atoms with Crippen LogP contribution < -0.4 is 16.0 Å². The second-order valence-corrected chi connectivity index (χ2v) is 8.95. The summed E-state index contributed by atoms with van der Waals surface area (Å²) in [7, 11) is -3.62. The molecular formula is C19H33ClN4O3S. The summed E-state index contributed by atoms with van der Waals surface area (Å²) in [6.07, 6.45) is 2.15. The quantitative estimate of drug-likeness (QED) is 0.622. The van der Waals surface area contributed by atoms with Crippen molar-refractivity contribution < 1.29 is 13.2 Å². The fourth-order valence-electron chi connectivity index (χ4n) is 3.25. The van der Waals surface area contributed by atoms with Gasteiger partial charge >= 0.3 is 0 Å².